The number of rotatable bonds is 4. The van der Waals surface area contributed by atoms with Gasteiger partial charge < -0.3 is 16.4 Å². The van der Waals surface area contributed by atoms with Gasteiger partial charge in [-0.25, -0.2) is 9.97 Å². The number of anilines is 4. The third-order valence-electron chi connectivity index (χ3n) is 2.71. The van der Waals surface area contributed by atoms with E-state index >= 15 is 0 Å². The van der Waals surface area contributed by atoms with Gasteiger partial charge in [0.2, 0.25) is 0 Å². The Morgan fingerprint density at radius 1 is 1.14 bits per heavy atom. The van der Waals surface area contributed by atoms with E-state index in [-0.39, 0.29) is 17.2 Å². The van der Waals surface area contributed by atoms with Crippen LogP contribution in [0.25, 0.3) is 0 Å². The molecule has 0 saturated heterocycles. The summed E-state index contributed by atoms with van der Waals surface area (Å²) in [5.41, 5.74) is 5.11. The highest BCUT2D eigenvalue weighted by molar-refractivity contribution is 5.78. The molecule has 0 spiro atoms. The summed E-state index contributed by atoms with van der Waals surface area (Å²) < 4.78 is 38.8. The standard InChI is InChI=1S/C13H14F3N5/c1-2-18-11-10(17)12(20-7-19-11)21-9-6-4-3-5-8(9)13(14,15)16/h3-7H,2,17H2,1H3,(H2,18,19,20,21). The molecule has 0 bridgehead atoms. The number of hydrogen-bond acceptors (Lipinski definition) is 5. The van der Waals surface area contributed by atoms with E-state index in [2.05, 4.69) is 20.6 Å². The molecule has 0 saturated carbocycles. The van der Waals surface area contributed by atoms with E-state index in [0.717, 1.165) is 6.07 Å². The zero-order chi connectivity index (χ0) is 15.5. The van der Waals surface area contributed by atoms with E-state index in [1.54, 1.807) is 0 Å². The molecular formula is C13H14F3N5. The molecule has 1 aromatic heterocycles. The van der Waals surface area contributed by atoms with Gasteiger partial charge in [-0.05, 0) is 19.1 Å². The number of halogens is 3. The molecule has 0 atom stereocenters. The largest absolute Gasteiger partial charge is 0.418 e. The van der Waals surface area contributed by atoms with Gasteiger partial charge in [0.25, 0.3) is 0 Å². The molecule has 0 aliphatic rings. The minimum Gasteiger partial charge on any atom is -0.393 e. The third kappa shape index (κ3) is 3.33. The fourth-order valence-electron chi connectivity index (χ4n) is 1.77. The first-order chi connectivity index (χ1) is 9.93. The van der Waals surface area contributed by atoms with Gasteiger partial charge in [0.1, 0.15) is 12.0 Å². The minimum atomic E-state index is -4.46. The van der Waals surface area contributed by atoms with Gasteiger partial charge in [-0.15, -0.1) is 0 Å². The maximum Gasteiger partial charge on any atom is 0.418 e. The van der Waals surface area contributed by atoms with E-state index in [0.29, 0.717) is 12.4 Å². The van der Waals surface area contributed by atoms with Gasteiger partial charge in [-0.3, -0.25) is 0 Å². The van der Waals surface area contributed by atoms with Crippen LogP contribution in [0.2, 0.25) is 0 Å². The van der Waals surface area contributed by atoms with E-state index in [4.69, 9.17) is 5.73 Å². The predicted octanol–water partition coefficient (Wildman–Crippen LogP) is 3.25. The maximum absolute atomic E-state index is 12.9. The molecule has 0 aliphatic heterocycles. The summed E-state index contributed by atoms with van der Waals surface area (Å²) in [6, 6.07) is 5.13. The lowest BCUT2D eigenvalue weighted by atomic mass is 10.1. The van der Waals surface area contributed by atoms with Crippen molar-refractivity contribution in [2.24, 2.45) is 0 Å². The van der Waals surface area contributed by atoms with Gasteiger partial charge in [-0.2, -0.15) is 13.2 Å². The molecule has 2 rings (SSSR count). The summed E-state index contributed by atoms with van der Waals surface area (Å²) in [4.78, 5) is 7.82. The number of nitrogens with zero attached hydrogens (tertiary/aromatic N) is 2. The topological polar surface area (TPSA) is 75.9 Å². The molecule has 2 aromatic rings. The predicted molar refractivity (Wildman–Crippen MR) is 75.3 cm³/mol. The molecule has 0 fully saturated rings. The molecule has 5 nitrogen and oxygen atoms in total. The first kappa shape index (κ1) is 14.9. The highest BCUT2D eigenvalue weighted by Gasteiger charge is 2.33. The lowest BCUT2D eigenvalue weighted by molar-refractivity contribution is -0.136. The molecule has 8 heteroatoms. The van der Waals surface area contributed by atoms with Crippen LogP contribution in [0.15, 0.2) is 30.6 Å². The average Bonchev–Trinajstić information content (AvgIpc) is 2.43. The number of nitrogens with one attached hydrogen (secondary N) is 2. The smallest absolute Gasteiger partial charge is 0.393 e. The Balaban J connectivity index is 2.38. The van der Waals surface area contributed by atoms with Crippen LogP contribution in [-0.2, 0) is 6.18 Å². The van der Waals surface area contributed by atoms with Gasteiger partial charge in [-0.1, -0.05) is 12.1 Å². The number of nitrogens with two attached hydrogens (primary N) is 1. The van der Waals surface area contributed by atoms with Crippen molar-refractivity contribution < 1.29 is 13.2 Å². The Hall–Kier alpha value is -2.51. The summed E-state index contributed by atoms with van der Waals surface area (Å²) in [7, 11) is 0. The molecular weight excluding hydrogens is 283 g/mol. The van der Waals surface area contributed by atoms with Crippen LogP contribution in [0.1, 0.15) is 12.5 Å². The van der Waals surface area contributed by atoms with Crippen molar-refractivity contribution in [2.45, 2.75) is 13.1 Å². The Labute approximate surface area is 119 Å². The molecule has 4 N–H and O–H groups in total. The SMILES string of the molecule is CCNc1ncnc(Nc2ccccc2C(F)(F)F)c1N. The number of alkyl halides is 3. The summed E-state index contributed by atoms with van der Waals surface area (Å²) >= 11 is 0. The van der Waals surface area contributed by atoms with E-state index in [1.165, 1.54) is 24.5 Å². The number of benzene rings is 1. The number of hydrogen-bond donors (Lipinski definition) is 3. The highest BCUT2D eigenvalue weighted by Crippen LogP contribution is 2.36. The van der Waals surface area contributed by atoms with Crippen LogP contribution < -0.4 is 16.4 Å². The Morgan fingerprint density at radius 2 is 1.81 bits per heavy atom. The molecule has 0 amide bonds. The van der Waals surface area contributed by atoms with Crippen LogP contribution in [0.5, 0.6) is 0 Å². The summed E-state index contributed by atoms with van der Waals surface area (Å²) in [6.45, 7) is 2.44. The van der Waals surface area contributed by atoms with Gasteiger partial charge in [0, 0.05) is 6.54 Å². The zero-order valence-corrected chi connectivity index (χ0v) is 11.2. The van der Waals surface area contributed by atoms with Crippen molar-refractivity contribution >= 4 is 23.0 Å². The molecule has 1 aromatic carbocycles. The second-order valence-corrected chi connectivity index (χ2v) is 4.18. The van der Waals surface area contributed by atoms with Gasteiger partial charge >= 0.3 is 6.18 Å². The monoisotopic (exact) mass is 297 g/mol. The summed E-state index contributed by atoms with van der Waals surface area (Å²) in [6.07, 6.45) is -3.23. The Bertz CT molecular complexity index is 627. The molecule has 0 unspecified atom stereocenters. The number of para-hydroxylation sites is 1. The fourth-order valence-corrected chi connectivity index (χ4v) is 1.77. The van der Waals surface area contributed by atoms with Crippen LogP contribution in [0, 0.1) is 0 Å². The average molecular weight is 297 g/mol. The van der Waals surface area contributed by atoms with Gasteiger partial charge in [0.05, 0.1) is 11.3 Å². The summed E-state index contributed by atoms with van der Waals surface area (Å²) in [5, 5.41) is 5.52. The lowest BCUT2D eigenvalue weighted by Crippen LogP contribution is -2.11. The maximum atomic E-state index is 12.9. The molecule has 1 heterocycles. The minimum absolute atomic E-state index is 0.113. The summed E-state index contributed by atoms with van der Waals surface area (Å²) in [5.74, 6) is 0.497. The van der Waals surface area contributed by atoms with E-state index in [9.17, 15) is 13.2 Å². The fraction of sp³-hybridized carbons (Fsp3) is 0.231. The quantitative estimate of drug-likeness (QED) is 0.807. The normalized spacial score (nSPS) is 11.2. The Kier molecular flexibility index (Phi) is 4.15. The first-order valence-corrected chi connectivity index (χ1v) is 6.21. The third-order valence-corrected chi connectivity index (χ3v) is 2.71. The molecule has 21 heavy (non-hydrogen) atoms. The highest BCUT2D eigenvalue weighted by atomic mass is 19.4. The molecule has 0 radical (unpaired) electrons. The van der Waals surface area contributed by atoms with Crippen molar-refractivity contribution in [3.8, 4) is 0 Å². The van der Waals surface area contributed by atoms with Crippen LogP contribution in [0.4, 0.5) is 36.2 Å². The van der Waals surface area contributed by atoms with Gasteiger partial charge in [0.15, 0.2) is 11.6 Å². The van der Waals surface area contributed by atoms with Crippen molar-refractivity contribution in [1.29, 1.82) is 0 Å². The number of aromatic nitrogens is 2. The first-order valence-electron chi connectivity index (χ1n) is 6.21. The lowest BCUT2D eigenvalue weighted by Gasteiger charge is -2.15. The van der Waals surface area contributed by atoms with E-state index < -0.39 is 11.7 Å². The van der Waals surface area contributed by atoms with E-state index in [1.807, 2.05) is 6.92 Å². The van der Waals surface area contributed by atoms with Crippen LogP contribution >= 0.6 is 0 Å². The van der Waals surface area contributed by atoms with Crippen molar-refractivity contribution in [3.05, 3.63) is 36.2 Å². The second kappa shape index (κ2) is 5.86. The van der Waals surface area contributed by atoms with Crippen molar-refractivity contribution in [2.75, 3.05) is 22.9 Å². The molecule has 0 aliphatic carbocycles. The van der Waals surface area contributed by atoms with Crippen LogP contribution in [0.3, 0.4) is 0 Å². The van der Waals surface area contributed by atoms with Crippen molar-refractivity contribution in [1.82, 2.24) is 9.97 Å². The second-order valence-electron chi connectivity index (χ2n) is 4.18. The van der Waals surface area contributed by atoms with Crippen molar-refractivity contribution in [3.63, 3.8) is 0 Å². The zero-order valence-electron chi connectivity index (χ0n) is 11.2. The number of nitrogen functional groups attached to an aromatic ring is 1. The Morgan fingerprint density at radius 3 is 2.48 bits per heavy atom. The van der Waals surface area contributed by atoms with Crippen LogP contribution in [-0.4, -0.2) is 16.5 Å². The molecule has 112 valence electrons.